The van der Waals surface area contributed by atoms with E-state index in [0.29, 0.717) is 30.7 Å². The minimum atomic E-state index is -0.281. The number of benzene rings is 1. The Morgan fingerprint density at radius 2 is 2.06 bits per heavy atom. The first-order valence-corrected chi connectivity index (χ1v) is 5.88. The molecular formula is C13H20FN3. The molecule has 2 N–H and O–H groups in total. The minimum Gasteiger partial charge on any atom is -0.370 e. The second-order valence-corrected chi connectivity index (χ2v) is 4.29. The Labute approximate surface area is 102 Å². The highest BCUT2D eigenvalue weighted by Gasteiger charge is 2.12. The van der Waals surface area contributed by atoms with Gasteiger partial charge in [0.05, 0.1) is 5.69 Å². The Morgan fingerprint density at radius 1 is 1.41 bits per heavy atom. The Morgan fingerprint density at radius 3 is 2.59 bits per heavy atom. The largest absolute Gasteiger partial charge is 0.370 e. The topological polar surface area (TPSA) is 41.6 Å². The fourth-order valence-electron chi connectivity index (χ4n) is 1.49. The van der Waals surface area contributed by atoms with E-state index in [9.17, 15) is 4.39 Å². The highest BCUT2D eigenvalue weighted by atomic mass is 19.1. The molecule has 0 atom stereocenters. The third-order valence-corrected chi connectivity index (χ3v) is 2.35. The van der Waals surface area contributed by atoms with Crippen molar-refractivity contribution in [1.29, 1.82) is 0 Å². The Balaban J connectivity index is 2.92. The standard InChI is InChI=1S/C13H20FN3/c1-4-17(13(15)16-9-10(2)3)12-8-6-5-7-11(12)14/h5-8,10H,4,9H2,1-3H3,(H2,15,16). The third kappa shape index (κ3) is 3.73. The first-order chi connectivity index (χ1) is 8.06. The summed E-state index contributed by atoms with van der Waals surface area (Å²) in [4.78, 5) is 5.94. The van der Waals surface area contributed by atoms with E-state index in [2.05, 4.69) is 18.8 Å². The Hall–Kier alpha value is -1.58. The van der Waals surface area contributed by atoms with E-state index in [-0.39, 0.29) is 5.82 Å². The van der Waals surface area contributed by atoms with Gasteiger partial charge < -0.3 is 10.6 Å². The lowest BCUT2D eigenvalue weighted by molar-refractivity contribution is 0.625. The van der Waals surface area contributed by atoms with Crippen molar-refractivity contribution in [3.8, 4) is 0 Å². The highest BCUT2D eigenvalue weighted by Crippen LogP contribution is 2.18. The van der Waals surface area contributed by atoms with Crippen LogP contribution in [-0.4, -0.2) is 19.0 Å². The van der Waals surface area contributed by atoms with Crippen LogP contribution in [-0.2, 0) is 0 Å². The number of hydrogen-bond donors (Lipinski definition) is 1. The lowest BCUT2D eigenvalue weighted by Crippen LogP contribution is -2.38. The Bertz CT molecular complexity index is 388. The number of nitrogens with two attached hydrogens (primary N) is 1. The van der Waals surface area contributed by atoms with Crippen LogP contribution in [0.1, 0.15) is 20.8 Å². The van der Waals surface area contributed by atoms with Gasteiger partial charge in [0, 0.05) is 13.1 Å². The minimum absolute atomic E-state index is 0.281. The molecule has 1 rings (SSSR count). The molecule has 0 saturated carbocycles. The number of hydrogen-bond acceptors (Lipinski definition) is 1. The summed E-state index contributed by atoms with van der Waals surface area (Å²) in [5.41, 5.74) is 6.36. The molecule has 1 aromatic carbocycles. The van der Waals surface area contributed by atoms with E-state index < -0.39 is 0 Å². The predicted octanol–water partition coefficient (Wildman–Crippen LogP) is 2.62. The van der Waals surface area contributed by atoms with Gasteiger partial charge in [0.1, 0.15) is 5.82 Å². The van der Waals surface area contributed by atoms with Gasteiger partial charge in [0.15, 0.2) is 5.96 Å². The van der Waals surface area contributed by atoms with Gasteiger partial charge in [0.2, 0.25) is 0 Å². The number of rotatable bonds is 4. The molecule has 0 unspecified atom stereocenters. The molecule has 0 spiro atoms. The molecule has 0 aliphatic rings. The average molecular weight is 237 g/mol. The van der Waals surface area contributed by atoms with Gasteiger partial charge in [0.25, 0.3) is 0 Å². The summed E-state index contributed by atoms with van der Waals surface area (Å²) >= 11 is 0. The van der Waals surface area contributed by atoms with Crippen molar-refractivity contribution in [3.63, 3.8) is 0 Å². The maximum absolute atomic E-state index is 13.6. The molecule has 0 amide bonds. The lowest BCUT2D eigenvalue weighted by atomic mass is 10.2. The van der Waals surface area contributed by atoms with Gasteiger partial charge in [-0.1, -0.05) is 26.0 Å². The highest BCUT2D eigenvalue weighted by molar-refractivity contribution is 5.94. The molecule has 0 aromatic heterocycles. The fraction of sp³-hybridized carbons (Fsp3) is 0.462. The third-order valence-electron chi connectivity index (χ3n) is 2.35. The number of para-hydroxylation sites is 1. The molecule has 94 valence electrons. The Kier molecular flexibility index (Phi) is 4.94. The normalized spacial score (nSPS) is 11.9. The average Bonchev–Trinajstić information content (AvgIpc) is 2.30. The first kappa shape index (κ1) is 13.5. The van der Waals surface area contributed by atoms with Crippen LogP contribution in [0.15, 0.2) is 29.3 Å². The van der Waals surface area contributed by atoms with E-state index in [1.54, 1.807) is 23.1 Å². The summed E-state index contributed by atoms with van der Waals surface area (Å²) in [6.07, 6.45) is 0. The van der Waals surface area contributed by atoms with Crippen LogP contribution in [0.25, 0.3) is 0 Å². The van der Waals surface area contributed by atoms with Crippen molar-refractivity contribution < 1.29 is 4.39 Å². The van der Waals surface area contributed by atoms with E-state index in [0.717, 1.165) is 0 Å². The smallest absolute Gasteiger partial charge is 0.195 e. The second kappa shape index (κ2) is 6.23. The van der Waals surface area contributed by atoms with Crippen LogP contribution in [0.5, 0.6) is 0 Å². The van der Waals surface area contributed by atoms with Gasteiger partial charge in [-0.05, 0) is 25.0 Å². The van der Waals surface area contributed by atoms with Crippen molar-refractivity contribution in [2.45, 2.75) is 20.8 Å². The molecule has 17 heavy (non-hydrogen) atoms. The lowest BCUT2D eigenvalue weighted by Gasteiger charge is -2.22. The second-order valence-electron chi connectivity index (χ2n) is 4.29. The molecular weight excluding hydrogens is 217 g/mol. The zero-order chi connectivity index (χ0) is 12.8. The molecule has 0 radical (unpaired) electrons. The van der Waals surface area contributed by atoms with E-state index in [1.807, 2.05) is 6.92 Å². The molecule has 1 aromatic rings. The summed E-state index contributed by atoms with van der Waals surface area (Å²) < 4.78 is 13.6. The van der Waals surface area contributed by atoms with E-state index in [1.165, 1.54) is 6.07 Å². The molecule has 4 heteroatoms. The van der Waals surface area contributed by atoms with Crippen molar-refractivity contribution in [2.24, 2.45) is 16.6 Å². The number of halogens is 1. The SMILES string of the molecule is CCN(C(N)=NCC(C)C)c1ccccc1F. The zero-order valence-electron chi connectivity index (χ0n) is 10.7. The molecule has 0 aliphatic carbocycles. The van der Waals surface area contributed by atoms with Crippen LogP contribution in [0.2, 0.25) is 0 Å². The summed E-state index contributed by atoms with van der Waals surface area (Å²) in [5.74, 6) is 0.524. The maximum Gasteiger partial charge on any atom is 0.195 e. The summed E-state index contributed by atoms with van der Waals surface area (Å²) in [7, 11) is 0. The molecule has 0 bridgehead atoms. The van der Waals surface area contributed by atoms with E-state index in [4.69, 9.17) is 5.73 Å². The molecule has 0 heterocycles. The van der Waals surface area contributed by atoms with Crippen molar-refractivity contribution in [1.82, 2.24) is 0 Å². The van der Waals surface area contributed by atoms with Crippen LogP contribution in [0.4, 0.5) is 10.1 Å². The van der Waals surface area contributed by atoms with Gasteiger partial charge in [-0.25, -0.2) is 4.39 Å². The molecule has 0 fully saturated rings. The predicted molar refractivity (Wildman–Crippen MR) is 70.7 cm³/mol. The van der Waals surface area contributed by atoms with Crippen LogP contribution < -0.4 is 10.6 Å². The van der Waals surface area contributed by atoms with Crippen LogP contribution in [0, 0.1) is 11.7 Å². The fourth-order valence-corrected chi connectivity index (χ4v) is 1.49. The number of anilines is 1. The first-order valence-electron chi connectivity index (χ1n) is 5.88. The van der Waals surface area contributed by atoms with Crippen molar-refractivity contribution in [2.75, 3.05) is 18.0 Å². The number of aliphatic imine (C=N–C) groups is 1. The van der Waals surface area contributed by atoms with Crippen molar-refractivity contribution >= 4 is 11.6 Å². The summed E-state index contributed by atoms with van der Waals surface area (Å²) in [6.45, 7) is 7.29. The van der Waals surface area contributed by atoms with Gasteiger partial charge in [-0.3, -0.25) is 4.99 Å². The monoisotopic (exact) mass is 237 g/mol. The van der Waals surface area contributed by atoms with E-state index >= 15 is 0 Å². The molecule has 0 saturated heterocycles. The zero-order valence-corrected chi connectivity index (χ0v) is 10.7. The van der Waals surface area contributed by atoms with Crippen LogP contribution >= 0.6 is 0 Å². The summed E-state index contributed by atoms with van der Waals surface area (Å²) in [5, 5.41) is 0. The summed E-state index contributed by atoms with van der Waals surface area (Å²) in [6, 6.07) is 6.58. The van der Waals surface area contributed by atoms with Gasteiger partial charge in [-0.2, -0.15) is 0 Å². The van der Waals surface area contributed by atoms with Gasteiger partial charge in [-0.15, -0.1) is 0 Å². The molecule has 0 aliphatic heterocycles. The van der Waals surface area contributed by atoms with Crippen LogP contribution in [0.3, 0.4) is 0 Å². The maximum atomic E-state index is 13.6. The quantitative estimate of drug-likeness (QED) is 0.646. The number of nitrogens with zero attached hydrogens (tertiary/aromatic N) is 2. The molecule has 3 nitrogen and oxygen atoms in total. The number of guanidine groups is 1. The van der Waals surface area contributed by atoms with Gasteiger partial charge >= 0.3 is 0 Å². The van der Waals surface area contributed by atoms with Crippen molar-refractivity contribution in [3.05, 3.63) is 30.1 Å².